The fourth-order valence-corrected chi connectivity index (χ4v) is 4.90. The van der Waals surface area contributed by atoms with Crippen molar-refractivity contribution in [1.82, 2.24) is 37.2 Å². The number of carbonyl (C=O) groups is 2. The van der Waals surface area contributed by atoms with Gasteiger partial charge in [0.25, 0.3) is 0 Å². The van der Waals surface area contributed by atoms with Gasteiger partial charge < -0.3 is 26.6 Å². The molecule has 6 unspecified atom stereocenters. The van der Waals surface area contributed by atoms with Gasteiger partial charge in [-0.15, -0.1) is 0 Å². The van der Waals surface area contributed by atoms with Crippen molar-refractivity contribution in [2.45, 2.75) is 76.9 Å². The minimum atomic E-state index is -0.265. The molecule has 0 aromatic heterocycles. The van der Waals surface area contributed by atoms with Crippen molar-refractivity contribution in [3.63, 3.8) is 0 Å². The minimum Gasteiger partial charge on any atom is -0.356 e. The second kappa shape index (κ2) is 11.1. The van der Waals surface area contributed by atoms with Gasteiger partial charge in [-0.05, 0) is 76.9 Å². The molecule has 2 aliphatic heterocycles. The van der Waals surface area contributed by atoms with Gasteiger partial charge >= 0.3 is 6.03 Å². The number of piperidine rings is 1. The van der Waals surface area contributed by atoms with Crippen LogP contribution < -0.4 is 37.2 Å². The fourth-order valence-electron chi connectivity index (χ4n) is 4.90. The van der Waals surface area contributed by atoms with Gasteiger partial charge in [0, 0.05) is 25.6 Å². The van der Waals surface area contributed by atoms with E-state index in [4.69, 9.17) is 0 Å². The highest BCUT2D eigenvalue weighted by atomic mass is 16.2. The number of carbonyl (C=O) groups excluding carboxylic acids is 2. The SMILES string of the molecule is CC(=O)NCCCNC1CC(C)NC(NC(=O)NC2CCC3CCNCC3C2)N1. The molecule has 1 saturated carbocycles. The molecule has 0 radical (unpaired) electrons. The Hall–Kier alpha value is -1.42. The standard InChI is InChI=1S/C20H39N7O2/c1-13-10-18(23-8-3-7-22-14(2)28)26-19(24-13)27-20(29)25-17-5-4-15-6-9-21-12-16(15)11-17/h13,15-19,21,23-24,26H,3-12H2,1-2H3,(H,22,28)(H2,25,27,29). The maximum atomic E-state index is 12.5. The molecule has 0 aromatic rings. The minimum absolute atomic E-state index is 0.00197. The molecule has 0 spiro atoms. The predicted molar refractivity (Wildman–Crippen MR) is 113 cm³/mol. The molecule has 9 nitrogen and oxygen atoms in total. The summed E-state index contributed by atoms with van der Waals surface area (Å²) in [6.07, 6.45) is 6.31. The van der Waals surface area contributed by atoms with Crippen LogP contribution in [0.4, 0.5) is 4.79 Å². The highest BCUT2D eigenvalue weighted by molar-refractivity contribution is 5.74. The summed E-state index contributed by atoms with van der Waals surface area (Å²) in [6.45, 7) is 7.36. The lowest BCUT2D eigenvalue weighted by Gasteiger charge is -2.40. The Labute approximate surface area is 174 Å². The Bertz CT molecular complexity index is 547. The quantitative estimate of drug-likeness (QED) is 0.292. The van der Waals surface area contributed by atoms with Crippen LogP contribution in [0.15, 0.2) is 0 Å². The van der Waals surface area contributed by atoms with Crippen molar-refractivity contribution < 1.29 is 9.59 Å². The summed E-state index contributed by atoms with van der Waals surface area (Å²) in [5.41, 5.74) is 0. The van der Waals surface area contributed by atoms with Crippen molar-refractivity contribution in [1.29, 1.82) is 0 Å². The Balaban J connectivity index is 1.36. The Morgan fingerprint density at radius 2 is 1.86 bits per heavy atom. The van der Waals surface area contributed by atoms with E-state index in [1.807, 2.05) is 0 Å². The Morgan fingerprint density at radius 3 is 2.69 bits per heavy atom. The van der Waals surface area contributed by atoms with E-state index in [2.05, 4.69) is 44.1 Å². The topological polar surface area (TPSA) is 118 Å². The van der Waals surface area contributed by atoms with E-state index in [-0.39, 0.29) is 36.5 Å². The molecule has 3 fully saturated rings. The van der Waals surface area contributed by atoms with E-state index in [1.165, 1.54) is 19.8 Å². The van der Waals surface area contributed by atoms with E-state index in [0.717, 1.165) is 51.2 Å². The van der Waals surface area contributed by atoms with Gasteiger partial charge in [0.05, 0.1) is 6.17 Å². The van der Waals surface area contributed by atoms with Gasteiger partial charge in [-0.25, -0.2) is 4.79 Å². The van der Waals surface area contributed by atoms with Gasteiger partial charge in [0.2, 0.25) is 5.91 Å². The molecule has 0 bridgehead atoms. The normalized spacial score (nSPS) is 34.7. The van der Waals surface area contributed by atoms with Crippen LogP contribution in [0.25, 0.3) is 0 Å². The summed E-state index contributed by atoms with van der Waals surface area (Å²) in [6, 6.07) is 0.443. The largest absolute Gasteiger partial charge is 0.356 e. The van der Waals surface area contributed by atoms with Crippen molar-refractivity contribution in [2.75, 3.05) is 26.2 Å². The zero-order valence-electron chi connectivity index (χ0n) is 17.9. The first-order valence-electron chi connectivity index (χ1n) is 11.3. The van der Waals surface area contributed by atoms with Gasteiger partial charge in [-0.1, -0.05) is 0 Å². The molecule has 7 N–H and O–H groups in total. The third kappa shape index (κ3) is 7.40. The first kappa shape index (κ1) is 22.3. The predicted octanol–water partition coefficient (Wildman–Crippen LogP) is -0.239. The van der Waals surface area contributed by atoms with Gasteiger partial charge in [0.1, 0.15) is 6.29 Å². The summed E-state index contributed by atoms with van der Waals surface area (Å²) in [5.74, 6) is 1.53. The third-order valence-corrected chi connectivity index (χ3v) is 6.38. The van der Waals surface area contributed by atoms with Gasteiger partial charge in [-0.2, -0.15) is 0 Å². The number of nitrogens with one attached hydrogen (secondary N) is 7. The lowest BCUT2D eigenvalue weighted by Crippen LogP contribution is -2.68. The lowest BCUT2D eigenvalue weighted by atomic mass is 9.74. The van der Waals surface area contributed by atoms with Crippen molar-refractivity contribution in [3.8, 4) is 0 Å². The molecule has 9 heteroatoms. The number of amides is 3. The number of urea groups is 1. The highest BCUT2D eigenvalue weighted by Gasteiger charge is 2.33. The summed E-state index contributed by atoms with van der Waals surface area (Å²) >= 11 is 0. The molecule has 2 heterocycles. The summed E-state index contributed by atoms with van der Waals surface area (Å²) in [4.78, 5) is 23.4. The third-order valence-electron chi connectivity index (χ3n) is 6.38. The van der Waals surface area contributed by atoms with Crippen molar-refractivity contribution >= 4 is 11.9 Å². The number of fused-ring (bicyclic) bond motifs is 1. The number of hydrogen-bond donors (Lipinski definition) is 7. The molecule has 3 rings (SSSR count). The molecular formula is C20H39N7O2. The maximum Gasteiger partial charge on any atom is 0.317 e. The molecule has 3 amide bonds. The van der Waals surface area contributed by atoms with E-state index in [0.29, 0.717) is 12.5 Å². The number of rotatable bonds is 7. The molecule has 29 heavy (non-hydrogen) atoms. The summed E-state index contributed by atoms with van der Waals surface area (Å²) < 4.78 is 0. The Kier molecular flexibility index (Phi) is 8.53. The molecule has 0 aromatic carbocycles. The monoisotopic (exact) mass is 409 g/mol. The van der Waals surface area contributed by atoms with Crippen LogP contribution in [-0.4, -0.2) is 62.7 Å². The molecular weight excluding hydrogens is 370 g/mol. The first-order valence-corrected chi connectivity index (χ1v) is 11.3. The van der Waals surface area contributed by atoms with Crippen molar-refractivity contribution in [3.05, 3.63) is 0 Å². The molecule has 3 aliphatic rings. The van der Waals surface area contributed by atoms with E-state index in [1.54, 1.807) is 0 Å². The van der Waals surface area contributed by atoms with Gasteiger partial charge in [0.15, 0.2) is 0 Å². The zero-order valence-corrected chi connectivity index (χ0v) is 17.9. The second-order valence-corrected chi connectivity index (χ2v) is 8.89. The molecule has 6 atom stereocenters. The average molecular weight is 410 g/mol. The van der Waals surface area contributed by atoms with Crippen LogP contribution in [0.5, 0.6) is 0 Å². The average Bonchev–Trinajstić information content (AvgIpc) is 2.67. The highest BCUT2D eigenvalue weighted by Crippen LogP contribution is 2.33. The first-order chi connectivity index (χ1) is 14.0. The lowest BCUT2D eigenvalue weighted by molar-refractivity contribution is -0.118. The van der Waals surface area contributed by atoms with Crippen LogP contribution >= 0.6 is 0 Å². The summed E-state index contributed by atoms with van der Waals surface area (Å²) in [7, 11) is 0. The van der Waals surface area contributed by atoms with E-state index < -0.39 is 0 Å². The van der Waals surface area contributed by atoms with Gasteiger partial charge in [-0.3, -0.25) is 15.4 Å². The smallest absolute Gasteiger partial charge is 0.317 e. The van der Waals surface area contributed by atoms with Crippen LogP contribution in [-0.2, 0) is 4.79 Å². The molecule has 166 valence electrons. The molecule has 1 aliphatic carbocycles. The van der Waals surface area contributed by atoms with Crippen LogP contribution in [0, 0.1) is 11.8 Å². The summed E-state index contributed by atoms with van der Waals surface area (Å²) in [5, 5.41) is 22.8. The zero-order chi connectivity index (χ0) is 20.6. The van der Waals surface area contributed by atoms with Crippen LogP contribution in [0.2, 0.25) is 0 Å². The Morgan fingerprint density at radius 1 is 1.00 bits per heavy atom. The molecule has 2 saturated heterocycles. The van der Waals surface area contributed by atoms with Crippen molar-refractivity contribution in [2.24, 2.45) is 11.8 Å². The van der Waals surface area contributed by atoms with Crippen LogP contribution in [0.1, 0.15) is 52.4 Å². The fraction of sp³-hybridized carbons (Fsp3) is 0.900. The number of hydrogen-bond acceptors (Lipinski definition) is 6. The maximum absolute atomic E-state index is 12.5. The van der Waals surface area contributed by atoms with E-state index in [9.17, 15) is 9.59 Å². The van der Waals surface area contributed by atoms with Crippen LogP contribution in [0.3, 0.4) is 0 Å². The van der Waals surface area contributed by atoms with E-state index >= 15 is 0 Å². The second-order valence-electron chi connectivity index (χ2n) is 8.89.